The minimum Gasteiger partial charge on any atom is -0.489 e. The summed E-state index contributed by atoms with van der Waals surface area (Å²) in [7, 11) is 1.39. The van der Waals surface area contributed by atoms with Crippen molar-refractivity contribution in [3.63, 3.8) is 0 Å². The molecule has 33 heavy (non-hydrogen) atoms. The van der Waals surface area contributed by atoms with E-state index < -0.39 is 12.2 Å². The summed E-state index contributed by atoms with van der Waals surface area (Å²) in [6.07, 6.45) is 0.593. The van der Waals surface area contributed by atoms with Gasteiger partial charge in [0.2, 0.25) is 0 Å². The first-order chi connectivity index (χ1) is 16.0. The molecule has 9 nitrogen and oxygen atoms in total. The molecule has 1 N–H and O–H groups in total. The lowest BCUT2D eigenvalue weighted by Gasteiger charge is -2.33. The molecular weight excluding hydrogens is 470 g/mol. The summed E-state index contributed by atoms with van der Waals surface area (Å²) in [5, 5.41) is 2.80. The number of halogens is 1. The van der Waals surface area contributed by atoms with Crippen molar-refractivity contribution < 1.29 is 28.6 Å². The number of nitrogens with zero attached hydrogens (tertiary/aromatic N) is 2. The summed E-state index contributed by atoms with van der Waals surface area (Å²) in [6, 6.07) is 8.14. The van der Waals surface area contributed by atoms with Gasteiger partial charge in [-0.25, -0.2) is 9.59 Å². The lowest BCUT2D eigenvalue weighted by Crippen LogP contribution is -2.47. The molecule has 3 aliphatic rings. The zero-order valence-electron chi connectivity index (χ0n) is 17.8. The lowest BCUT2D eigenvalue weighted by atomic mass is 10.1. The van der Waals surface area contributed by atoms with Crippen LogP contribution in [0.1, 0.15) is 22.5 Å². The number of methoxy groups -OCH3 is 1. The van der Waals surface area contributed by atoms with E-state index in [9.17, 15) is 14.4 Å². The van der Waals surface area contributed by atoms with Gasteiger partial charge in [-0.15, -0.1) is 11.3 Å². The number of carbonyl (C=O) groups excluding carboxylic acids is 3. The first-order valence-electron chi connectivity index (χ1n) is 10.6. The monoisotopic (exact) mass is 491 g/mol. The van der Waals surface area contributed by atoms with Crippen molar-refractivity contribution in [3.05, 3.63) is 39.5 Å². The Morgan fingerprint density at radius 1 is 1.30 bits per heavy atom. The van der Waals surface area contributed by atoms with Gasteiger partial charge in [0, 0.05) is 18.3 Å². The predicted octanol–water partition coefficient (Wildman–Crippen LogP) is 3.06. The third kappa shape index (κ3) is 3.97. The Morgan fingerprint density at radius 3 is 2.91 bits per heavy atom. The van der Waals surface area contributed by atoms with E-state index in [-0.39, 0.29) is 37.1 Å². The van der Waals surface area contributed by atoms with E-state index in [0.29, 0.717) is 20.7 Å². The third-order valence-electron chi connectivity index (χ3n) is 6.14. The largest absolute Gasteiger partial charge is 0.489 e. The first-order valence-corrected chi connectivity index (χ1v) is 11.8. The number of ether oxygens (including phenoxy) is 3. The van der Waals surface area contributed by atoms with Gasteiger partial charge >= 0.3 is 12.1 Å². The topological polar surface area (TPSA) is 97.4 Å². The van der Waals surface area contributed by atoms with Crippen molar-refractivity contribution >= 4 is 52.3 Å². The molecule has 4 heterocycles. The molecule has 3 atom stereocenters. The lowest BCUT2D eigenvalue weighted by molar-refractivity contribution is -0.141. The molecule has 2 fully saturated rings. The van der Waals surface area contributed by atoms with Crippen molar-refractivity contribution in [3.8, 4) is 5.75 Å². The first kappa shape index (κ1) is 21.8. The zero-order valence-corrected chi connectivity index (χ0v) is 19.4. The van der Waals surface area contributed by atoms with Crippen LogP contribution in [-0.2, 0) is 14.3 Å². The maximum absolute atomic E-state index is 12.7. The standard InChI is InChI=1S/C22H22ClN3O6S/c1-30-21(28)14-3-2-8-25(14)12-4-5-13-16(9-12)31-11-15-17(32-22(29)26(13)15)10-24-20(27)18-6-7-19(23)33-18/h4-7,9,14-15,17H,2-3,8,10-11H2,1H3,(H,24,27)/t14-,15+,17+/m1/s1. The van der Waals surface area contributed by atoms with Gasteiger partial charge in [-0.3, -0.25) is 9.69 Å². The maximum atomic E-state index is 12.7. The Labute approximate surface area is 199 Å². The van der Waals surface area contributed by atoms with E-state index in [0.717, 1.165) is 25.1 Å². The number of hydrogen-bond acceptors (Lipinski definition) is 8. The molecule has 0 saturated carbocycles. The third-order valence-corrected chi connectivity index (χ3v) is 7.37. The Balaban J connectivity index is 1.30. The van der Waals surface area contributed by atoms with Crippen LogP contribution in [0.2, 0.25) is 4.34 Å². The van der Waals surface area contributed by atoms with Crippen molar-refractivity contribution in [2.45, 2.75) is 31.0 Å². The van der Waals surface area contributed by atoms with Gasteiger partial charge in [-0.2, -0.15) is 0 Å². The molecule has 5 rings (SSSR count). The van der Waals surface area contributed by atoms with Gasteiger partial charge in [-0.05, 0) is 37.1 Å². The van der Waals surface area contributed by atoms with Crippen molar-refractivity contribution in [2.75, 3.05) is 36.6 Å². The minimum atomic E-state index is -0.549. The number of thiophene rings is 1. The summed E-state index contributed by atoms with van der Waals surface area (Å²) in [6.45, 7) is 1.13. The number of carbonyl (C=O) groups is 3. The predicted molar refractivity (Wildman–Crippen MR) is 123 cm³/mol. The van der Waals surface area contributed by atoms with E-state index in [1.165, 1.54) is 18.4 Å². The molecule has 11 heteroatoms. The Hall–Kier alpha value is -2.98. The van der Waals surface area contributed by atoms with E-state index in [1.54, 1.807) is 23.1 Å². The molecule has 174 valence electrons. The van der Waals surface area contributed by atoms with Crippen molar-refractivity contribution in [2.24, 2.45) is 0 Å². The SMILES string of the molecule is COC(=O)[C@H]1CCCN1c1ccc2c(c1)OC[C@H]1[C@H](CNC(=O)c3ccc(Cl)s3)OC(=O)N21. The highest BCUT2D eigenvalue weighted by Crippen LogP contribution is 2.42. The zero-order chi connectivity index (χ0) is 23.1. The van der Waals surface area contributed by atoms with Crippen LogP contribution in [0.5, 0.6) is 5.75 Å². The number of esters is 1. The molecular formula is C22H22ClN3O6S. The molecule has 0 aliphatic carbocycles. The second kappa shape index (κ2) is 8.75. The Morgan fingerprint density at radius 2 is 2.15 bits per heavy atom. The van der Waals surface area contributed by atoms with Gasteiger partial charge in [0.1, 0.15) is 30.5 Å². The number of hydrogen-bond donors (Lipinski definition) is 1. The van der Waals surface area contributed by atoms with Crippen LogP contribution in [-0.4, -0.2) is 63.0 Å². The molecule has 2 amide bonds. The van der Waals surface area contributed by atoms with E-state index >= 15 is 0 Å². The fourth-order valence-corrected chi connectivity index (χ4v) is 5.51. The summed E-state index contributed by atoms with van der Waals surface area (Å²) in [4.78, 5) is 41.2. The van der Waals surface area contributed by atoms with E-state index in [2.05, 4.69) is 5.32 Å². The summed E-state index contributed by atoms with van der Waals surface area (Å²) < 4.78 is 17.0. The second-order valence-corrected chi connectivity index (χ2v) is 9.73. The van der Waals surface area contributed by atoms with Crippen LogP contribution in [0.4, 0.5) is 16.2 Å². The molecule has 0 radical (unpaired) electrons. The fourth-order valence-electron chi connectivity index (χ4n) is 4.55. The quantitative estimate of drug-likeness (QED) is 0.642. The average Bonchev–Trinajstić information content (AvgIpc) is 3.55. The molecule has 3 aliphatic heterocycles. The van der Waals surface area contributed by atoms with Crippen LogP contribution >= 0.6 is 22.9 Å². The van der Waals surface area contributed by atoms with Gasteiger partial charge in [0.05, 0.1) is 28.6 Å². The Bertz CT molecular complexity index is 1110. The number of nitrogens with one attached hydrogen (secondary N) is 1. The smallest absolute Gasteiger partial charge is 0.415 e. The van der Waals surface area contributed by atoms with Crippen molar-refractivity contribution in [1.82, 2.24) is 5.32 Å². The molecule has 1 aromatic carbocycles. The number of amides is 2. The average molecular weight is 492 g/mol. The fraction of sp³-hybridized carbons (Fsp3) is 0.409. The van der Waals surface area contributed by atoms with Crippen LogP contribution in [0.15, 0.2) is 30.3 Å². The summed E-state index contributed by atoms with van der Waals surface area (Å²) >= 11 is 7.08. The Kier molecular flexibility index (Phi) is 5.79. The minimum absolute atomic E-state index is 0.159. The number of rotatable bonds is 5. The van der Waals surface area contributed by atoms with E-state index in [4.69, 9.17) is 25.8 Å². The van der Waals surface area contributed by atoms with Crippen LogP contribution < -0.4 is 19.9 Å². The van der Waals surface area contributed by atoms with Gasteiger partial charge in [0.15, 0.2) is 0 Å². The number of benzene rings is 1. The van der Waals surface area contributed by atoms with Crippen LogP contribution in [0.3, 0.4) is 0 Å². The van der Waals surface area contributed by atoms with Crippen LogP contribution in [0.25, 0.3) is 0 Å². The number of fused-ring (bicyclic) bond motifs is 3. The number of cyclic esters (lactones) is 1. The van der Waals surface area contributed by atoms with E-state index in [1.807, 2.05) is 17.0 Å². The summed E-state index contributed by atoms with van der Waals surface area (Å²) in [5.41, 5.74) is 1.44. The maximum Gasteiger partial charge on any atom is 0.415 e. The van der Waals surface area contributed by atoms with Crippen LogP contribution in [0, 0.1) is 0 Å². The highest BCUT2D eigenvalue weighted by atomic mass is 35.5. The molecule has 0 unspecified atom stereocenters. The summed E-state index contributed by atoms with van der Waals surface area (Å²) in [5.74, 6) is 0.0205. The molecule has 1 aromatic heterocycles. The molecule has 2 saturated heterocycles. The molecule has 0 spiro atoms. The number of anilines is 2. The van der Waals surface area contributed by atoms with Gasteiger partial charge in [-0.1, -0.05) is 11.6 Å². The second-order valence-electron chi connectivity index (χ2n) is 8.01. The highest BCUT2D eigenvalue weighted by molar-refractivity contribution is 7.18. The van der Waals surface area contributed by atoms with Crippen molar-refractivity contribution in [1.29, 1.82) is 0 Å². The van der Waals surface area contributed by atoms with Gasteiger partial charge in [0.25, 0.3) is 5.91 Å². The molecule has 2 aromatic rings. The molecule has 0 bridgehead atoms. The normalized spacial score (nSPS) is 23.5. The van der Waals surface area contributed by atoms with Gasteiger partial charge < -0.3 is 24.4 Å². The highest BCUT2D eigenvalue weighted by Gasteiger charge is 2.47.